The summed E-state index contributed by atoms with van der Waals surface area (Å²) in [6.07, 6.45) is 2.32. The molecule has 0 bridgehead atoms. The molecule has 0 saturated carbocycles. The van der Waals surface area contributed by atoms with Gasteiger partial charge in [-0.2, -0.15) is 0 Å². The van der Waals surface area contributed by atoms with Gasteiger partial charge in [0.15, 0.2) is 11.4 Å². The fraction of sp³-hybridized carbons (Fsp3) is 0.304. The summed E-state index contributed by atoms with van der Waals surface area (Å²) in [5.74, 6) is 1.55. The third-order valence-corrected chi connectivity index (χ3v) is 5.75. The minimum atomic E-state index is -1.30. The van der Waals surface area contributed by atoms with E-state index < -0.39 is 5.60 Å². The number of nitrogens with zero attached hydrogens (tertiary/aromatic N) is 1. The lowest BCUT2D eigenvalue weighted by molar-refractivity contribution is -0.909. The van der Waals surface area contributed by atoms with E-state index in [1.807, 2.05) is 72.8 Å². The van der Waals surface area contributed by atoms with Gasteiger partial charge in [-0.1, -0.05) is 60.7 Å². The predicted molar refractivity (Wildman–Crippen MR) is 103 cm³/mol. The second-order valence-electron chi connectivity index (χ2n) is 7.80. The predicted octanol–water partition coefficient (Wildman–Crippen LogP) is 4.48. The van der Waals surface area contributed by atoms with Crippen molar-refractivity contribution in [2.75, 3.05) is 20.6 Å². The molecule has 1 aromatic heterocycles. The van der Waals surface area contributed by atoms with E-state index in [0.717, 1.165) is 34.3 Å². The van der Waals surface area contributed by atoms with Gasteiger partial charge in [0, 0.05) is 12.8 Å². The van der Waals surface area contributed by atoms with E-state index in [4.69, 9.17) is 4.42 Å². The van der Waals surface area contributed by atoms with Crippen LogP contribution >= 0.6 is 0 Å². The molecule has 1 unspecified atom stereocenters. The molecule has 0 radical (unpaired) electrons. The number of benzene rings is 2. The van der Waals surface area contributed by atoms with E-state index in [0.29, 0.717) is 11.8 Å². The van der Waals surface area contributed by atoms with E-state index in [1.54, 1.807) is 0 Å². The van der Waals surface area contributed by atoms with Gasteiger partial charge in [-0.05, 0) is 23.3 Å². The van der Waals surface area contributed by atoms with Gasteiger partial charge in [-0.25, -0.2) is 0 Å². The minimum Gasteiger partial charge on any atom is -0.456 e. The highest BCUT2D eigenvalue weighted by molar-refractivity contribution is 5.43. The first-order chi connectivity index (χ1) is 12.5. The van der Waals surface area contributed by atoms with Crippen molar-refractivity contribution in [1.82, 2.24) is 0 Å². The molecule has 1 saturated heterocycles. The average Bonchev–Trinajstić information content (AvgIpc) is 3.28. The molecule has 134 valence electrons. The van der Waals surface area contributed by atoms with Gasteiger partial charge in [0.1, 0.15) is 11.8 Å². The van der Waals surface area contributed by atoms with Crippen LogP contribution < -0.4 is 0 Å². The van der Waals surface area contributed by atoms with Crippen LogP contribution in [0.15, 0.2) is 77.2 Å². The Morgan fingerprint density at radius 2 is 1.46 bits per heavy atom. The molecule has 1 atom stereocenters. The van der Waals surface area contributed by atoms with Crippen molar-refractivity contribution < 1.29 is 14.0 Å². The Labute approximate surface area is 155 Å². The van der Waals surface area contributed by atoms with Crippen molar-refractivity contribution in [2.45, 2.75) is 24.5 Å². The van der Waals surface area contributed by atoms with Crippen molar-refractivity contribution in [3.8, 4) is 0 Å². The minimum absolute atomic E-state index is 0.347. The number of likely N-dealkylation sites (tertiary alicyclic amines) is 1. The number of quaternary nitrogens is 1. The highest BCUT2D eigenvalue weighted by Gasteiger charge is 2.41. The standard InChI is InChI=1S/C23H26NO2/c1-24(2)17-9-14-20(24)21-15-16-22(26-21)23(25,18-10-5-3-6-11-18)19-12-7-4-8-13-19/h3-8,10-13,15-16,20,25H,9,14,17H2,1-2H3/q+1. The van der Waals surface area contributed by atoms with Crippen molar-refractivity contribution in [3.05, 3.63) is 95.4 Å². The second kappa shape index (κ2) is 6.42. The summed E-state index contributed by atoms with van der Waals surface area (Å²) in [5, 5.41) is 11.8. The van der Waals surface area contributed by atoms with Crippen LogP contribution in [0.25, 0.3) is 0 Å². The molecule has 3 aromatic rings. The van der Waals surface area contributed by atoms with Crippen LogP contribution in [0, 0.1) is 0 Å². The molecule has 3 nitrogen and oxygen atoms in total. The van der Waals surface area contributed by atoms with Gasteiger partial charge in [0.25, 0.3) is 0 Å². The van der Waals surface area contributed by atoms with Gasteiger partial charge in [0.2, 0.25) is 0 Å². The fourth-order valence-electron chi connectivity index (χ4n) is 4.22. The van der Waals surface area contributed by atoms with Gasteiger partial charge in [0.05, 0.1) is 20.6 Å². The maximum absolute atomic E-state index is 11.8. The van der Waals surface area contributed by atoms with Gasteiger partial charge in [-0.15, -0.1) is 0 Å². The Morgan fingerprint density at radius 3 is 1.96 bits per heavy atom. The summed E-state index contributed by atoms with van der Waals surface area (Å²) in [6.45, 7) is 1.16. The third kappa shape index (κ3) is 2.77. The smallest absolute Gasteiger partial charge is 0.173 e. The van der Waals surface area contributed by atoms with E-state index in [-0.39, 0.29) is 0 Å². The quantitative estimate of drug-likeness (QED) is 0.706. The lowest BCUT2D eigenvalue weighted by Crippen LogP contribution is -2.38. The summed E-state index contributed by atoms with van der Waals surface area (Å²) >= 11 is 0. The Morgan fingerprint density at radius 1 is 0.885 bits per heavy atom. The molecule has 1 N–H and O–H groups in total. The number of rotatable bonds is 4. The number of aliphatic hydroxyl groups is 1. The molecule has 1 fully saturated rings. The van der Waals surface area contributed by atoms with E-state index in [9.17, 15) is 5.11 Å². The Kier molecular flexibility index (Phi) is 4.22. The third-order valence-electron chi connectivity index (χ3n) is 5.75. The topological polar surface area (TPSA) is 33.4 Å². The molecule has 3 heteroatoms. The van der Waals surface area contributed by atoms with Crippen molar-refractivity contribution >= 4 is 0 Å². The maximum Gasteiger partial charge on any atom is 0.173 e. The molecule has 2 aromatic carbocycles. The van der Waals surface area contributed by atoms with Gasteiger partial charge < -0.3 is 14.0 Å². The molecule has 1 aliphatic rings. The summed E-state index contributed by atoms with van der Waals surface area (Å²) in [4.78, 5) is 0. The average molecular weight is 348 g/mol. The Hall–Kier alpha value is -2.36. The van der Waals surface area contributed by atoms with Crippen LogP contribution in [0.4, 0.5) is 0 Å². The SMILES string of the molecule is C[N+]1(C)CCCC1c1ccc(C(O)(c2ccccc2)c2ccccc2)o1. The van der Waals surface area contributed by atoms with Crippen LogP contribution in [0.5, 0.6) is 0 Å². The van der Waals surface area contributed by atoms with E-state index in [2.05, 4.69) is 14.1 Å². The molecule has 0 amide bonds. The van der Waals surface area contributed by atoms with Crippen molar-refractivity contribution in [1.29, 1.82) is 0 Å². The van der Waals surface area contributed by atoms with E-state index in [1.165, 1.54) is 6.42 Å². The first-order valence-corrected chi connectivity index (χ1v) is 9.28. The zero-order valence-corrected chi connectivity index (χ0v) is 15.4. The van der Waals surface area contributed by atoms with Crippen LogP contribution in [-0.2, 0) is 5.60 Å². The van der Waals surface area contributed by atoms with Crippen molar-refractivity contribution in [2.24, 2.45) is 0 Å². The van der Waals surface area contributed by atoms with Crippen LogP contribution in [0.1, 0.15) is 41.5 Å². The summed E-state index contributed by atoms with van der Waals surface area (Å²) in [7, 11) is 4.50. The zero-order valence-electron chi connectivity index (χ0n) is 15.4. The first-order valence-electron chi connectivity index (χ1n) is 9.28. The second-order valence-corrected chi connectivity index (χ2v) is 7.80. The lowest BCUT2D eigenvalue weighted by atomic mass is 9.84. The molecule has 26 heavy (non-hydrogen) atoms. The van der Waals surface area contributed by atoms with Gasteiger partial charge in [-0.3, -0.25) is 0 Å². The normalized spacial score (nSPS) is 19.6. The summed E-state index contributed by atoms with van der Waals surface area (Å²) < 4.78 is 7.24. The monoisotopic (exact) mass is 348 g/mol. The molecule has 0 aliphatic carbocycles. The molecule has 1 aliphatic heterocycles. The number of furan rings is 1. The van der Waals surface area contributed by atoms with Gasteiger partial charge >= 0.3 is 0 Å². The molecular weight excluding hydrogens is 322 g/mol. The van der Waals surface area contributed by atoms with Crippen LogP contribution in [0.2, 0.25) is 0 Å². The van der Waals surface area contributed by atoms with Crippen LogP contribution in [0.3, 0.4) is 0 Å². The highest BCUT2D eigenvalue weighted by Crippen LogP contribution is 2.41. The maximum atomic E-state index is 11.8. The van der Waals surface area contributed by atoms with Crippen LogP contribution in [-0.4, -0.2) is 30.2 Å². The summed E-state index contributed by atoms with van der Waals surface area (Å²) in [5.41, 5.74) is 0.329. The molecule has 4 rings (SSSR count). The molecule has 2 heterocycles. The zero-order chi connectivity index (χ0) is 18.2. The fourth-order valence-corrected chi connectivity index (χ4v) is 4.22. The molecule has 0 spiro atoms. The number of hydrogen-bond donors (Lipinski definition) is 1. The van der Waals surface area contributed by atoms with E-state index >= 15 is 0 Å². The lowest BCUT2D eigenvalue weighted by Gasteiger charge is -2.31. The highest BCUT2D eigenvalue weighted by atomic mass is 16.4. The number of hydrogen-bond acceptors (Lipinski definition) is 2. The Bertz CT molecular complexity index is 828. The Balaban J connectivity index is 1.82. The first kappa shape index (κ1) is 17.1. The van der Waals surface area contributed by atoms with Crippen molar-refractivity contribution in [3.63, 3.8) is 0 Å². The largest absolute Gasteiger partial charge is 0.456 e. The molecular formula is C23H26NO2+. The summed E-state index contributed by atoms with van der Waals surface area (Å²) in [6, 6.07) is 23.8.